The third-order valence-corrected chi connectivity index (χ3v) is 1.31. The molecule has 2 N–H and O–H groups in total. The van der Waals surface area contributed by atoms with Crippen LogP contribution in [0.1, 0.15) is 41.0 Å². The van der Waals surface area contributed by atoms with E-state index in [1.165, 1.54) is 0 Å². The fraction of sp³-hybridized carbons (Fsp3) is 0.889. The van der Waals surface area contributed by atoms with Crippen molar-refractivity contribution in [1.82, 2.24) is 0 Å². The second kappa shape index (κ2) is 11.5. The van der Waals surface area contributed by atoms with Gasteiger partial charge in [-0.05, 0) is 12.3 Å². The van der Waals surface area contributed by atoms with Crippen molar-refractivity contribution >= 4 is 5.91 Å². The Morgan fingerprint density at radius 1 is 1.25 bits per heavy atom. The van der Waals surface area contributed by atoms with Gasteiger partial charge in [0, 0.05) is 37.0 Å². The first-order valence-electron chi connectivity index (χ1n) is 4.33. The second-order valence-corrected chi connectivity index (χ2v) is 2.93. The van der Waals surface area contributed by atoms with Gasteiger partial charge < -0.3 is 5.73 Å². The zero-order valence-electron chi connectivity index (χ0n) is 8.85. The normalized spacial score (nSPS) is 10.8. The van der Waals surface area contributed by atoms with Crippen molar-refractivity contribution in [1.29, 1.82) is 0 Å². The van der Waals surface area contributed by atoms with Crippen LogP contribution < -0.4 is 5.73 Å². The summed E-state index contributed by atoms with van der Waals surface area (Å²) in [5.74, 6) is 0.404. The molecular weight excluding hydrogens is 376 g/mol. The SMILES string of the molecule is CC.CC(C)CC(C)C(N)=O.[U]. The molecule has 3 heteroatoms. The third kappa shape index (κ3) is 13.1. The average molecular weight is 397 g/mol. The maximum atomic E-state index is 10.5. The van der Waals surface area contributed by atoms with Gasteiger partial charge in [0.1, 0.15) is 0 Å². The van der Waals surface area contributed by atoms with Gasteiger partial charge in [0.05, 0.1) is 0 Å². The number of hydrogen-bond acceptors (Lipinski definition) is 1. The van der Waals surface area contributed by atoms with Crippen molar-refractivity contribution < 1.29 is 35.9 Å². The number of primary amides is 1. The summed E-state index contributed by atoms with van der Waals surface area (Å²) in [7, 11) is 0. The Labute approximate surface area is 100 Å². The largest absolute Gasteiger partial charge is 0.369 e. The molecule has 72 valence electrons. The van der Waals surface area contributed by atoms with E-state index in [1.54, 1.807) is 0 Å². The number of carbonyl (C=O) groups excluding carboxylic acids is 1. The Kier molecular flexibility index (Phi) is 17.6. The molecule has 0 aromatic carbocycles. The summed E-state index contributed by atoms with van der Waals surface area (Å²) in [5, 5.41) is 0. The molecule has 1 unspecified atom stereocenters. The molecule has 0 saturated heterocycles. The summed E-state index contributed by atoms with van der Waals surface area (Å²) < 4.78 is 0. The van der Waals surface area contributed by atoms with Crippen LogP contribution in [0.4, 0.5) is 0 Å². The van der Waals surface area contributed by atoms with Crippen LogP contribution in [-0.2, 0) is 4.79 Å². The van der Waals surface area contributed by atoms with Crippen LogP contribution >= 0.6 is 0 Å². The van der Waals surface area contributed by atoms with E-state index in [0.717, 1.165) is 6.42 Å². The van der Waals surface area contributed by atoms with Crippen molar-refractivity contribution in [3.05, 3.63) is 0 Å². The van der Waals surface area contributed by atoms with Crippen LogP contribution in [0.15, 0.2) is 0 Å². The zero-order chi connectivity index (χ0) is 9.44. The number of rotatable bonds is 3. The van der Waals surface area contributed by atoms with E-state index >= 15 is 0 Å². The molecule has 12 heavy (non-hydrogen) atoms. The van der Waals surface area contributed by atoms with Gasteiger partial charge in [-0.2, -0.15) is 0 Å². The van der Waals surface area contributed by atoms with Crippen molar-refractivity contribution in [2.24, 2.45) is 17.6 Å². The van der Waals surface area contributed by atoms with Crippen LogP contribution in [0.2, 0.25) is 0 Å². The molecule has 0 rings (SSSR count). The molecule has 0 fully saturated rings. The summed E-state index contributed by atoms with van der Waals surface area (Å²) in [6.45, 7) is 10.0. The first-order valence-corrected chi connectivity index (χ1v) is 4.33. The average Bonchev–Trinajstić information content (AvgIpc) is 1.90. The summed E-state index contributed by atoms with van der Waals surface area (Å²) in [5.41, 5.74) is 5.05. The maximum Gasteiger partial charge on any atom is 0.220 e. The molecule has 0 saturated carbocycles. The number of hydrogen-bond donors (Lipinski definition) is 1. The Morgan fingerprint density at radius 3 is 1.67 bits per heavy atom. The maximum absolute atomic E-state index is 10.5. The van der Waals surface area contributed by atoms with Crippen LogP contribution in [0.25, 0.3) is 0 Å². The Bertz CT molecular complexity index is 105. The molecule has 0 aromatic heterocycles. The smallest absolute Gasteiger partial charge is 0.220 e. The molecule has 0 bridgehead atoms. The molecule has 0 aliphatic carbocycles. The standard InChI is InChI=1S/C7H15NO.C2H6.U/c1-5(2)4-6(3)7(8)9;1-2;/h5-6H,4H2,1-3H3,(H2,8,9);1-2H3;. The molecule has 0 spiro atoms. The molecule has 0 heterocycles. The van der Waals surface area contributed by atoms with Gasteiger partial charge in [-0.25, -0.2) is 0 Å². The van der Waals surface area contributed by atoms with E-state index in [4.69, 9.17) is 5.73 Å². The van der Waals surface area contributed by atoms with E-state index in [0.29, 0.717) is 5.92 Å². The molecule has 0 aliphatic rings. The Morgan fingerprint density at radius 2 is 1.58 bits per heavy atom. The van der Waals surface area contributed by atoms with Gasteiger partial charge in [0.25, 0.3) is 0 Å². The van der Waals surface area contributed by atoms with Crippen LogP contribution in [0, 0.1) is 42.9 Å². The minimum Gasteiger partial charge on any atom is -0.369 e. The fourth-order valence-electron chi connectivity index (χ4n) is 0.823. The van der Waals surface area contributed by atoms with Crippen molar-refractivity contribution in [2.75, 3.05) is 0 Å². The third-order valence-electron chi connectivity index (χ3n) is 1.31. The Balaban J connectivity index is -0.000000249. The van der Waals surface area contributed by atoms with E-state index in [-0.39, 0.29) is 42.9 Å². The van der Waals surface area contributed by atoms with E-state index in [9.17, 15) is 4.79 Å². The predicted octanol–water partition coefficient (Wildman–Crippen LogP) is 2.18. The number of amides is 1. The predicted molar refractivity (Wildman–Crippen MR) is 49.2 cm³/mol. The van der Waals surface area contributed by atoms with Gasteiger partial charge in [-0.1, -0.05) is 34.6 Å². The number of carbonyl (C=O) groups is 1. The van der Waals surface area contributed by atoms with Crippen molar-refractivity contribution in [2.45, 2.75) is 41.0 Å². The van der Waals surface area contributed by atoms with Crippen LogP contribution in [-0.4, -0.2) is 5.91 Å². The molecule has 2 nitrogen and oxygen atoms in total. The molecular formula is C9H21NOU. The van der Waals surface area contributed by atoms with E-state index in [1.807, 2.05) is 20.8 Å². The van der Waals surface area contributed by atoms with Crippen molar-refractivity contribution in [3.8, 4) is 0 Å². The molecule has 1 atom stereocenters. The topological polar surface area (TPSA) is 43.1 Å². The first-order chi connectivity index (χ1) is 5.04. The monoisotopic (exact) mass is 397 g/mol. The molecule has 0 aliphatic heterocycles. The quantitative estimate of drug-likeness (QED) is 0.780. The van der Waals surface area contributed by atoms with Gasteiger partial charge in [0.2, 0.25) is 5.91 Å². The minimum atomic E-state index is -0.191. The van der Waals surface area contributed by atoms with Gasteiger partial charge >= 0.3 is 0 Å². The summed E-state index contributed by atoms with van der Waals surface area (Å²) in [6.07, 6.45) is 0.898. The van der Waals surface area contributed by atoms with Gasteiger partial charge in [0.15, 0.2) is 0 Å². The van der Waals surface area contributed by atoms with Crippen LogP contribution in [0.3, 0.4) is 0 Å². The molecule has 1 amide bonds. The second-order valence-electron chi connectivity index (χ2n) is 2.93. The van der Waals surface area contributed by atoms with Gasteiger partial charge in [-0.3, -0.25) is 4.79 Å². The van der Waals surface area contributed by atoms with E-state index < -0.39 is 0 Å². The molecule has 0 radical (unpaired) electrons. The van der Waals surface area contributed by atoms with Gasteiger partial charge in [-0.15, -0.1) is 0 Å². The summed E-state index contributed by atoms with van der Waals surface area (Å²) in [4.78, 5) is 10.5. The van der Waals surface area contributed by atoms with Crippen LogP contribution in [0.5, 0.6) is 0 Å². The number of nitrogens with two attached hydrogens (primary N) is 1. The Hall–Kier alpha value is 0.522. The van der Waals surface area contributed by atoms with Crippen molar-refractivity contribution in [3.63, 3.8) is 0 Å². The summed E-state index contributed by atoms with van der Waals surface area (Å²) >= 11 is 0. The summed E-state index contributed by atoms with van der Waals surface area (Å²) in [6, 6.07) is 0. The van der Waals surface area contributed by atoms with E-state index in [2.05, 4.69) is 13.8 Å². The zero-order valence-corrected chi connectivity index (χ0v) is 13.0. The molecule has 0 aromatic rings. The minimum absolute atomic E-state index is 0. The fourth-order valence-corrected chi connectivity index (χ4v) is 0.823. The first kappa shape index (κ1) is 18.3.